The van der Waals surface area contributed by atoms with Crippen LogP contribution in [0.2, 0.25) is 0 Å². The van der Waals surface area contributed by atoms with Crippen LogP contribution in [0.15, 0.2) is 0 Å². The first-order chi connectivity index (χ1) is 12.2. The van der Waals surface area contributed by atoms with E-state index in [1.807, 2.05) is 0 Å². The minimum atomic E-state index is -1.27. The van der Waals surface area contributed by atoms with E-state index in [4.69, 9.17) is 4.74 Å². The second-order valence-electron chi connectivity index (χ2n) is 9.68. The van der Waals surface area contributed by atoms with E-state index in [9.17, 15) is 30.0 Å². The summed E-state index contributed by atoms with van der Waals surface area (Å²) in [6.07, 6.45) is 2.12. The maximum atomic E-state index is 12.8. The average Bonchev–Trinajstić information content (AvgIpc) is 3.04. The van der Waals surface area contributed by atoms with Gasteiger partial charge in [0, 0.05) is 11.8 Å². The number of hydrogen-bond acceptors (Lipinski definition) is 6. The van der Waals surface area contributed by atoms with Gasteiger partial charge in [0.05, 0.1) is 29.6 Å². The summed E-state index contributed by atoms with van der Waals surface area (Å²) in [6, 6.07) is 0. The summed E-state index contributed by atoms with van der Waals surface area (Å²) >= 11 is 0. The summed E-state index contributed by atoms with van der Waals surface area (Å²) in [6.45, 7) is 1.27. The number of aliphatic hydroxyl groups excluding tert-OH is 2. The molecule has 1 saturated heterocycles. The molecule has 0 unspecified atom stereocenters. The highest BCUT2D eigenvalue weighted by Crippen LogP contribution is 2.78. The summed E-state index contributed by atoms with van der Waals surface area (Å²) in [5.41, 5.74) is -4.04. The number of carbonyl (C=O) groups excluding carboxylic acids is 1. The molecular formula is C19H26O7. The van der Waals surface area contributed by atoms with Crippen molar-refractivity contribution in [2.24, 2.45) is 34.5 Å². The fourth-order valence-corrected chi connectivity index (χ4v) is 8.10. The largest absolute Gasteiger partial charge is 0.481 e. The maximum absolute atomic E-state index is 12.8. The summed E-state index contributed by atoms with van der Waals surface area (Å²) in [4.78, 5) is 25.2. The number of aliphatic carboxylic acids is 1. The zero-order chi connectivity index (χ0) is 18.7. The highest BCUT2D eigenvalue weighted by molar-refractivity contribution is 5.85. The Kier molecular flexibility index (Phi) is 3.01. The highest BCUT2D eigenvalue weighted by Gasteiger charge is 2.84. The zero-order valence-corrected chi connectivity index (χ0v) is 14.9. The van der Waals surface area contributed by atoms with Gasteiger partial charge in [0.1, 0.15) is 5.60 Å². The molecule has 4 saturated carbocycles. The van der Waals surface area contributed by atoms with Crippen molar-refractivity contribution < 1.29 is 34.8 Å². The first kappa shape index (κ1) is 17.0. The number of esters is 1. The molecule has 0 aromatic rings. The maximum Gasteiger partial charge on any atom is 0.315 e. The monoisotopic (exact) mass is 366 g/mol. The van der Waals surface area contributed by atoms with Crippen LogP contribution in [0.1, 0.15) is 45.4 Å². The van der Waals surface area contributed by atoms with E-state index < -0.39 is 51.9 Å². The molecule has 9 atom stereocenters. The van der Waals surface area contributed by atoms with Gasteiger partial charge in [-0.1, -0.05) is 0 Å². The molecule has 26 heavy (non-hydrogen) atoms. The molecule has 4 aliphatic carbocycles. The first-order valence-corrected chi connectivity index (χ1v) is 9.63. The number of rotatable bonds is 2. The van der Waals surface area contributed by atoms with E-state index in [0.29, 0.717) is 32.1 Å². The fourth-order valence-electron chi connectivity index (χ4n) is 8.10. The van der Waals surface area contributed by atoms with Gasteiger partial charge in [-0.2, -0.15) is 0 Å². The Balaban J connectivity index is 1.73. The lowest BCUT2D eigenvalue weighted by molar-refractivity contribution is -0.162. The van der Waals surface area contributed by atoms with Gasteiger partial charge < -0.3 is 25.2 Å². The lowest BCUT2D eigenvalue weighted by atomic mass is 9.59. The van der Waals surface area contributed by atoms with E-state index in [1.54, 1.807) is 6.92 Å². The molecular weight excluding hydrogens is 340 g/mol. The van der Waals surface area contributed by atoms with Gasteiger partial charge in [-0.05, 0) is 56.8 Å². The molecule has 144 valence electrons. The van der Waals surface area contributed by atoms with Crippen molar-refractivity contribution in [3.8, 4) is 0 Å². The second-order valence-corrected chi connectivity index (χ2v) is 9.68. The number of carboxylic acids is 1. The van der Waals surface area contributed by atoms with E-state index in [2.05, 4.69) is 0 Å². The number of carboxylic acid groups (broad SMARTS) is 1. The second kappa shape index (κ2) is 4.62. The molecule has 4 bridgehead atoms. The number of ether oxygens (including phenoxy) is 1. The Labute approximate surface area is 151 Å². The molecule has 4 N–H and O–H groups in total. The van der Waals surface area contributed by atoms with Crippen molar-refractivity contribution in [2.75, 3.05) is 6.61 Å². The fraction of sp³-hybridized carbons (Fsp3) is 0.895. The van der Waals surface area contributed by atoms with Gasteiger partial charge in [0.25, 0.3) is 0 Å². The molecule has 1 aliphatic heterocycles. The summed E-state index contributed by atoms with van der Waals surface area (Å²) in [5, 5.41) is 41.6. The predicted octanol–water partition coefficient (Wildman–Crippen LogP) is 0.303. The third-order valence-corrected chi connectivity index (χ3v) is 9.00. The molecule has 0 amide bonds. The Morgan fingerprint density at radius 3 is 2.69 bits per heavy atom. The molecule has 1 spiro atoms. The molecule has 7 nitrogen and oxygen atoms in total. The van der Waals surface area contributed by atoms with Crippen LogP contribution in [0, 0.1) is 34.5 Å². The lowest BCUT2D eigenvalue weighted by Gasteiger charge is -2.44. The SMILES string of the molecule is C[C@@]12C(=O)O[C@]3(CC[C@@H]1O)[C@@H]1CC[C@@H]4C[C@]1(C[C@]4(O)CO)[C@@H](C(=O)O)[C@@H]32. The standard InChI is InChI=1S/C19H26O7/c1-16-11(21)4-5-19(26-15(16)24)10-3-2-9-6-17(10,7-18(9,25)8-20)12(13(16)19)14(22)23/h9-13,20-21,25H,2-8H2,1H3,(H,22,23)/t9-,10-,11+,12-,13-,16-,17-,18+,19-/m1/s1. The van der Waals surface area contributed by atoms with Crippen molar-refractivity contribution in [3.05, 3.63) is 0 Å². The van der Waals surface area contributed by atoms with Gasteiger partial charge >= 0.3 is 11.9 Å². The topological polar surface area (TPSA) is 124 Å². The highest BCUT2D eigenvalue weighted by atomic mass is 16.6. The van der Waals surface area contributed by atoms with Crippen LogP contribution in [-0.4, -0.2) is 56.3 Å². The molecule has 0 aromatic carbocycles. The van der Waals surface area contributed by atoms with Crippen LogP contribution < -0.4 is 0 Å². The van der Waals surface area contributed by atoms with Gasteiger partial charge in [-0.3, -0.25) is 9.59 Å². The molecule has 7 heteroatoms. The Morgan fingerprint density at radius 2 is 2.04 bits per heavy atom. The third-order valence-electron chi connectivity index (χ3n) is 9.00. The minimum absolute atomic E-state index is 0.130. The van der Waals surface area contributed by atoms with Crippen molar-refractivity contribution in [2.45, 2.75) is 62.8 Å². The van der Waals surface area contributed by atoms with Crippen LogP contribution >= 0.6 is 0 Å². The average molecular weight is 366 g/mol. The van der Waals surface area contributed by atoms with Crippen molar-refractivity contribution in [1.29, 1.82) is 0 Å². The summed E-state index contributed by atoms with van der Waals surface area (Å²) < 4.78 is 5.96. The van der Waals surface area contributed by atoms with Crippen LogP contribution in [-0.2, 0) is 14.3 Å². The molecule has 1 heterocycles. The number of fused-ring (bicyclic) bond motifs is 1. The quantitative estimate of drug-likeness (QED) is 0.518. The number of hydrogen-bond donors (Lipinski definition) is 4. The summed E-state index contributed by atoms with van der Waals surface area (Å²) in [7, 11) is 0. The van der Waals surface area contributed by atoms with Gasteiger partial charge in [-0.15, -0.1) is 0 Å². The van der Waals surface area contributed by atoms with E-state index in [-0.39, 0.29) is 24.9 Å². The van der Waals surface area contributed by atoms with Crippen LogP contribution in [0.3, 0.4) is 0 Å². The smallest absolute Gasteiger partial charge is 0.315 e. The number of aliphatic hydroxyl groups is 3. The van der Waals surface area contributed by atoms with Crippen LogP contribution in [0.4, 0.5) is 0 Å². The molecule has 5 aliphatic rings. The predicted molar refractivity (Wildman–Crippen MR) is 86.7 cm³/mol. The van der Waals surface area contributed by atoms with Crippen LogP contribution in [0.25, 0.3) is 0 Å². The normalized spacial score (nSPS) is 59.7. The lowest BCUT2D eigenvalue weighted by Crippen LogP contribution is -2.53. The van der Waals surface area contributed by atoms with E-state index >= 15 is 0 Å². The zero-order valence-electron chi connectivity index (χ0n) is 14.9. The van der Waals surface area contributed by atoms with Crippen LogP contribution in [0.5, 0.6) is 0 Å². The van der Waals surface area contributed by atoms with Gasteiger partial charge in [0.2, 0.25) is 0 Å². The third kappa shape index (κ3) is 1.51. The van der Waals surface area contributed by atoms with E-state index in [0.717, 1.165) is 0 Å². The molecule has 5 rings (SSSR count). The van der Waals surface area contributed by atoms with Crippen molar-refractivity contribution in [1.82, 2.24) is 0 Å². The van der Waals surface area contributed by atoms with Gasteiger partial charge in [-0.25, -0.2) is 0 Å². The van der Waals surface area contributed by atoms with E-state index in [1.165, 1.54) is 0 Å². The van der Waals surface area contributed by atoms with Gasteiger partial charge in [0.15, 0.2) is 0 Å². The number of carbonyl (C=O) groups is 2. The molecule has 0 aromatic heterocycles. The Hall–Kier alpha value is -1.18. The molecule has 5 fully saturated rings. The minimum Gasteiger partial charge on any atom is -0.481 e. The Morgan fingerprint density at radius 1 is 1.31 bits per heavy atom. The van der Waals surface area contributed by atoms with Crippen molar-refractivity contribution >= 4 is 11.9 Å². The Bertz CT molecular complexity index is 708. The van der Waals surface area contributed by atoms with Crippen molar-refractivity contribution in [3.63, 3.8) is 0 Å². The first-order valence-electron chi connectivity index (χ1n) is 9.63. The molecule has 0 radical (unpaired) electrons. The summed E-state index contributed by atoms with van der Waals surface area (Å²) in [5.74, 6) is -3.18.